The summed E-state index contributed by atoms with van der Waals surface area (Å²) < 4.78 is 5.77. The fourth-order valence-corrected chi connectivity index (χ4v) is 3.69. The summed E-state index contributed by atoms with van der Waals surface area (Å²) in [4.78, 5) is 14.6. The van der Waals surface area contributed by atoms with E-state index in [4.69, 9.17) is 4.74 Å². The van der Waals surface area contributed by atoms with Crippen LogP contribution in [0.15, 0.2) is 54.6 Å². The second-order valence-electron chi connectivity index (χ2n) is 7.67. The number of benzene rings is 2. The zero-order valence-corrected chi connectivity index (χ0v) is 17.8. The van der Waals surface area contributed by atoms with Crippen LogP contribution in [-0.2, 0) is 0 Å². The van der Waals surface area contributed by atoms with Crippen LogP contribution >= 0.6 is 0 Å². The van der Waals surface area contributed by atoms with E-state index in [1.165, 1.54) is 12.0 Å². The molecule has 28 heavy (non-hydrogen) atoms. The molecule has 0 heterocycles. The molecule has 4 heteroatoms. The summed E-state index contributed by atoms with van der Waals surface area (Å²) in [7, 11) is 1.98. The second kappa shape index (κ2) is 10.9. The minimum atomic E-state index is -0.356. The molecule has 0 saturated carbocycles. The zero-order valence-electron chi connectivity index (χ0n) is 17.8. The van der Waals surface area contributed by atoms with Gasteiger partial charge in [0.05, 0.1) is 0 Å². The molecule has 0 saturated heterocycles. The lowest BCUT2D eigenvalue weighted by atomic mass is 9.84. The lowest BCUT2D eigenvalue weighted by Gasteiger charge is -2.27. The maximum absolute atomic E-state index is 12.9. The van der Waals surface area contributed by atoms with Gasteiger partial charge in [-0.25, -0.2) is 4.79 Å². The standard InChI is InChI=1S/C24H34N2O2/c1-6-11-19(4)23(17-25-5)20-12-10-15-22(16-20)28-24(27)26(18(2)3)21-13-8-7-9-14-21/h7-10,12-16,18-19,23,25H,6,11,17H2,1-5H3. The number of ether oxygens (including phenoxy) is 1. The summed E-state index contributed by atoms with van der Waals surface area (Å²) in [5, 5.41) is 3.30. The average molecular weight is 383 g/mol. The van der Waals surface area contributed by atoms with Crippen LogP contribution < -0.4 is 15.0 Å². The molecular weight excluding hydrogens is 348 g/mol. The first kappa shape index (κ1) is 22.0. The third-order valence-electron chi connectivity index (χ3n) is 5.09. The zero-order chi connectivity index (χ0) is 20.5. The number of carbonyl (C=O) groups excluding carboxylic acids is 1. The van der Waals surface area contributed by atoms with Crippen LogP contribution in [0.2, 0.25) is 0 Å². The number of nitrogens with zero attached hydrogens (tertiary/aromatic N) is 1. The van der Waals surface area contributed by atoms with E-state index in [0.717, 1.165) is 18.7 Å². The van der Waals surface area contributed by atoms with Gasteiger partial charge < -0.3 is 10.1 Å². The first-order valence-electron chi connectivity index (χ1n) is 10.3. The quantitative estimate of drug-likeness (QED) is 0.592. The second-order valence-corrected chi connectivity index (χ2v) is 7.67. The number of amides is 1. The molecule has 0 radical (unpaired) electrons. The molecule has 2 rings (SSSR count). The van der Waals surface area contributed by atoms with E-state index in [0.29, 0.717) is 17.6 Å². The summed E-state index contributed by atoms with van der Waals surface area (Å²) >= 11 is 0. The van der Waals surface area contributed by atoms with Crippen molar-refractivity contribution in [2.24, 2.45) is 5.92 Å². The maximum atomic E-state index is 12.9. The first-order chi connectivity index (χ1) is 13.5. The fraction of sp³-hybridized carbons (Fsp3) is 0.458. The molecule has 1 amide bonds. The number of carbonyl (C=O) groups is 1. The van der Waals surface area contributed by atoms with E-state index >= 15 is 0 Å². The van der Waals surface area contributed by atoms with Crippen molar-refractivity contribution >= 4 is 11.8 Å². The minimum Gasteiger partial charge on any atom is -0.410 e. The van der Waals surface area contributed by atoms with Crippen LogP contribution in [0.3, 0.4) is 0 Å². The van der Waals surface area contributed by atoms with E-state index in [1.807, 2.05) is 69.4 Å². The van der Waals surface area contributed by atoms with Crippen LogP contribution in [0, 0.1) is 5.92 Å². The number of hydrogen-bond donors (Lipinski definition) is 1. The summed E-state index contributed by atoms with van der Waals surface area (Å²) in [5.41, 5.74) is 2.04. The molecule has 2 aromatic carbocycles. The topological polar surface area (TPSA) is 41.6 Å². The molecule has 2 atom stereocenters. The van der Waals surface area contributed by atoms with Gasteiger partial charge in [-0.05, 0) is 62.6 Å². The van der Waals surface area contributed by atoms with Crippen molar-refractivity contribution in [3.8, 4) is 5.75 Å². The predicted molar refractivity (Wildman–Crippen MR) is 117 cm³/mol. The number of rotatable bonds is 9. The molecule has 0 aromatic heterocycles. The van der Waals surface area contributed by atoms with E-state index in [2.05, 4.69) is 25.2 Å². The lowest BCUT2D eigenvalue weighted by Crippen LogP contribution is -2.39. The Labute approximate surface area is 169 Å². The smallest absolute Gasteiger partial charge is 0.410 e. The monoisotopic (exact) mass is 382 g/mol. The third-order valence-corrected chi connectivity index (χ3v) is 5.09. The molecular formula is C24H34N2O2. The van der Waals surface area contributed by atoms with Gasteiger partial charge in [-0.1, -0.05) is 57.0 Å². The summed E-state index contributed by atoms with van der Waals surface area (Å²) in [6.45, 7) is 9.39. The van der Waals surface area contributed by atoms with Gasteiger partial charge in [0.15, 0.2) is 0 Å². The van der Waals surface area contributed by atoms with Crippen molar-refractivity contribution in [3.63, 3.8) is 0 Å². The van der Waals surface area contributed by atoms with Crippen molar-refractivity contribution in [2.75, 3.05) is 18.5 Å². The number of anilines is 1. The Balaban J connectivity index is 2.21. The number of para-hydroxylation sites is 1. The van der Waals surface area contributed by atoms with Crippen LogP contribution in [-0.4, -0.2) is 25.7 Å². The van der Waals surface area contributed by atoms with E-state index in [9.17, 15) is 4.79 Å². The van der Waals surface area contributed by atoms with Crippen LogP contribution in [0.5, 0.6) is 5.75 Å². The molecule has 2 unspecified atom stereocenters. The summed E-state index contributed by atoms with van der Waals surface area (Å²) in [6.07, 6.45) is 1.98. The van der Waals surface area contributed by atoms with E-state index in [-0.39, 0.29) is 12.1 Å². The summed E-state index contributed by atoms with van der Waals surface area (Å²) in [6, 6.07) is 17.6. The molecule has 152 valence electrons. The first-order valence-corrected chi connectivity index (χ1v) is 10.3. The van der Waals surface area contributed by atoms with Gasteiger partial charge >= 0.3 is 6.09 Å². The number of hydrogen-bond acceptors (Lipinski definition) is 3. The van der Waals surface area contributed by atoms with Crippen molar-refractivity contribution in [1.29, 1.82) is 0 Å². The molecule has 0 spiro atoms. The Bertz CT molecular complexity index is 730. The Morgan fingerprint density at radius 1 is 1.07 bits per heavy atom. The van der Waals surface area contributed by atoms with E-state index in [1.54, 1.807) is 4.90 Å². The van der Waals surface area contributed by atoms with Crippen molar-refractivity contribution in [3.05, 3.63) is 60.2 Å². The molecule has 1 N–H and O–H groups in total. The number of nitrogens with one attached hydrogen (secondary N) is 1. The average Bonchev–Trinajstić information content (AvgIpc) is 2.67. The van der Waals surface area contributed by atoms with Gasteiger partial charge in [0, 0.05) is 18.3 Å². The van der Waals surface area contributed by atoms with Crippen molar-refractivity contribution < 1.29 is 9.53 Å². The molecule has 0 aliphatic carbocycles. The molecule has 2 aromatic rings. The predicted octanol–water partition coefficient (Wildman–Crippen LogP) is 5.84. The van der Waals surface area contributed by atoms with Gasteiger partial charge in [-0.2, -0.15) is 0 Å². The normalized spacial score (nSPS) is 13.2. The Morgan fingerprint density at radius 2 is 1.79 bits per heavy atom. The highest BCUT2D eigenvalue weighted by Gasteiger charge is 2.22. The van der Waals surface area contributed by atoms with E-state index < -0.39 is 0 Å². The van der Waals surface area contributed by atoms with Gasteiger partial charge in [0.2, 0.25) is 0 Å². The number of likely N-dealkylation sites (N-methyl/N-ethyl adjacent to an activating group) is 1. The van der Waals surface area contributed by atoms with Crippen molar-refractivity contribution in [2.45, 2.75) is 52.5 Å². The highest BCUT2D eigenvalue weighted by Crippen LogP contribution is 2.30. The molecule has 0 aliphatic heterocycles. The molecule has 0 bridgehead atoms. The lowest BCUT2D eigenvalue weighted by molar-refractivity contribution is 0.205. The van der Waals surface area contributed by atoms with Crippen LogP contribution in [0.25, 0.3) is 0 Å². The Kier molecular flexibility index (Phi) is 8.52. The molecule has 4 nitrogen and oxygen atoms in total. The minimum absolute atomic E-state index is 0.000279. The SMILES string of the molecule is CCCC(C)C(CNC)c1cccc(OC(=O)N(c2ccccc2)C(C)C)c1. The van der Waals surface area contributed by atoms with Gasteiger partial charge in [-0.15, -0.1) is 0 Å². The van der Waals surface area contributed by atoms with Crippen LogP contribution in [0.1, 0.15) is 52.0 Å². The Morgan fingerprint density at radius 3 is 2.39 bits per heavy atom. The highest BCUT2D eigenvalue weighted by molar-refractivity contribution is 5.89. The van der Waals surface area contributed by atoms with Gasteiger partial charge in [-0.3, -0.25) is 4.90 Å². The largest absolute Gasteiger partial charge is 0.419 e. The molecule has 0 aliphatic rings. The molecule has 0 fully saturated rings. The summed E-state index contributed by atoms with van der Waals surface area (Å²) in [5.74, 6) is 1.53. The van der Waals surface area contributed by atoms with Crippen LogP contribution in [0.4, 0.5) is 10.5 Å². The van der Waals surface area contributed by atoms with Gasteiger partial charge in [0.1, 0.15) is 5.75 Å². The van der Waals surface area contributed by atoms with Gasteiger partial charge in [0.25, 0.3) is 0 Å². The van der Waals surface area contributed by atoms with Crippen molar-refractivity contribution in [1.82, 2.24) is 5.32 Å². The highest BCUT2D eigenvalue weighted by atomic mass is 16.6. The Hall–Kier alpha value is -2.33. The maximum Gasteiger partial charge on any atom is 0.419 e. The third kappa shape index (κ3) is 5.83. The fourth-order valence-electron chi connectivity index (χ4n) is 3.69.